The van der Waals surface area contributed by atoms with Crippen LogP contribution in [-0.4, -0.2) is 25.1 Å². The van der Waals surface area contributed by atoms with Gasteiger partial charge in [-0.25, -0.2) is 4.39 Å². The predicted molar refractivity (Wildman–Crippen MR) is 63.2 cm³/mol. The van der Waals surface area contributed by atoms with E-state index in [1.165, 1.54) is 12.1 Å². The van der Waals surface area contributed by atoms with Gasteiger partial charge in [0, 0.05) is 13.1 Å². The average Bonchev–Trinajstić information content (AvgIpc) is 2.35. The molecule has 3 N–H and O–H groups in total. The minimum atomic E-state index is -0.696. The van der Waals surface area contributed by atoms with Crippen LogP contribution in [0.3, 0.4) is 0 Å². The molecular formula is C12H17FN2O2. The van der Waals surface area contributed by atoms with Crippen LogP contribution < -0.4 is 15.8 Å². The van der Waals surface area contributed by atoms with E-state index in [0.29, 0.717) is 19.5 Å². The monoisotopic (exact) mass is 240 g/mol. The lowest BCUT2D eigenvalue weighted by Gasteiger charge is -2.17. The molecule has 1 unspecified atom stereocenters. The molecule has 0 saturated carbocycles. The van der Waals surface area contributed by atoms with Gasteiger partial charge >= 0.3 is 0 Å². The molecule has 94 valence electrons. The number of hydrogen-bond donors (Lipinski definition) is 2. The van der Waals surface area contributed by atoms with Crippen LogP contribution in [0.25, 0.3) is 0 Å². The SMILES string of the molecule is CCC(Oc1ccccc1F)C(=O)NCCN. The van der Waals surface area contributed by atoms with E-state index >= 15 is 0 Å². The number of hydrogen-bond acceptors (Lipinski definition) is 3. The van der Waals surface area contributed by atoms with Gasteiger partial charge in [-0.2, -0.15) is 0 Å². The minimum Gasteiger partial charge on any atom is -0.478 e. The summed E-state index contributed by atoms with van der Waals surface area (Å²) in [6.07, 6.45) is -0.233. The van der Waals surface area contributed by atoms with E-state index in [9.17, 15) is 9.18 Å². The van der Waals surface area contributed by atoms with E-state index in [4.69, 9.17) is 10.5 Å². The fraction of sp³-hybridized carbons (Fsp3) is 0.417. The molecule has 0 saturated heterocycles. The molecule has 1 amide bonds. The van der Waals surface area contributed by atoms with Gasteiger partial charge in [-0.3, -0.25) is 4.79 Å². The van der Waals surface area contributed by atoms with Gasteiger partial charge in [0.05, 0.1) is 0 Å². The molecule has 0 fully saturated rings. The van der Waals surface area contributed by atoms with Crippen molar-refractivity contribution >= 4 is 5.91 Å². The molecule has 1 aromatic carbocycles. The Morgan fingerprint density at radius 3 is 2.82 bits per heavy atom. The molecule has 0 aliphatic carbocycles. The Morgan fingerprint density at radius 2 is 2.24 bits per heavy atom. The van der Waals surface area contributed by atoms with Crippen LogP contribution in [0.4, 0.5) is 4.39 Å². The third-order valence-corrected chi connectivity index (χ3v) is 2.21. The van der Waals surface area contributed by atoms with Crippen LogP contribution in [0.1, 0.15) is 13.3 Å². The summed E-state index contributed by atoms with van der Waals surface area (Å²) in [5.41, 5.74) is 5.28. The van der Waals surface area contributed by atoms with E-state index in [1.807, 2.05) is 0 Å². The molecule has 0 aliphatic rings. The lowest BCUT2D eigenvalue weighted by Crippen LogP contribution is -2.40. The third kappa shape index (κ3) is 4.03. The number of rotatable bonds is 6. The Bertz CT molecular complexity index is 371. The molecular weight excluding hydrogens is 223 g/mol. The van der Waals surface area contributed by atoms with Gasteiger partial charge in [-0.1, -0.05) is 19.1 Å². The summed E-state index contributed by atoms with van der Waals surface area (Å²) >= 11 is 0. The Hall–Kier alpha value is -1.62. The van der Waals surface area contributed by atoms with Crippen molar-refractivity contribution < 1.29 is 13.9 Å². The number of para-hydroxylation sites is 1. The molecule has 0 heterocycles. The second-order valence-corrected chi connectivity index (χ2v) is 3.52. The summed E-state index contributed by atoms with van der Waals surface area (Å²) < 4.78 is 18.7. The Labute approximate surface area is 100.0 Å². The van der Waals surface area contributed by atoms with Crippen LogP contribution in [0, 0.1) is 5.82 Å². The Morgan fingerprint density at radius 1 is 1.53 bits per heavy atom. The standard InChI is InChI=1S/C12H17FN2O2/c1-2-10(12(16)15-8-7-14)17-11-6-4-3-5-9(11)13/h3-6,10H,2,7-8,14H2,1H3,(H,15,16). The van der Waals surface area contributed by atoms with E-state index < -0.39 is 11.9 Å². The van der Waals surface area contributed by atoms with Gasteiger partial charge in [0.25, 0.3) is 5.91 Å². The summed E-state index contributed by atoms with van der Waals surface area (Å²) in [4.78, 5) is 11.6. The van der Waals surface area contributed by atoms with E-state index in [2.05, 4.69) is 5.32 Å². The molecule has 5 heteroatoms. The van der Waals surface area contributed by atoms with Crippen molar-refractivity contribution in [1.82, 2.24) is 5.32 Å². The highest BCUT2D eigenvalue weighted by molar-refractivity contribution is 5.81. The summed E-state index contributed by atoms with van der Waals surface area (Å²) in [6.45, 7) is 2.55. The number of carbonyl (C=O) groups excluding carboxylic acids is 1. The van der Waals surface area contributed by atoms with Gasteiger partial charge in [-0.15, -0.1) is 0 Å². The highest BCUT2D eigenvalue weighted by Crippen LogP contribution is 2.17. The number of carbonyl (C=O) groups is 1. The highest BCUT2D eigenvalue weighted by Gasteiger charge is 2.18. The van der Waals surface area contributed by atoms with Crippen molar-refractivity contribution in [2.75, 3.05) is 13.1 Å². The number of ether oxygens (including phenoxy) is 1. The van der Waals surface area contributed by atoms with Crippen molar-refractivity contribution in [1.29, 1.82) is 0 Å². The van der Waals surface area contributed by atoms with Crippen LogP contribution >= 0.6 is 0 Å². The average molecular weight is 240 g/mol. The quantitative estimate of drug-likeness (QED) is 0.781. The molecule has 0 radical (unpaired) electrons. The molecule has 0 aliphatic heterocycles. The number of amides is 1. The smallest absolute Gasteiger partial charge is 0.261 e. The maximum atomic E-state index is 13.3. The zero-order chi connectivity index (χ0) is 12.7. The highest BCUT2D eigenvalue weighted by atomic mass is 19.1. The second kappa shape index (κ2) is 6.85. The van der Waals surface area contributed by atoms with Crippen LogP contribution in [-0.2, 0) is 4.79 Å². The summed E-state index contributed by atoms with van der Waals surface area (Å²) in [5.74, 6) is -0.666. The molecule has 0 aromatic heterocycles. The van der Waals surface area contributed by atoms with Crippen molar-refractivity contribution in [2.45, 2.75) is 19.4 Å². The number of nitrogens with two attached hydrogens (primary N) is 1. The number of benzene rings is 1. The van der Waals surface area contributed by atoms with Gasteiger partial charge in [0.2, 0.25) is 0 Å². The number of nitrogens with one attached hydrogen (secondary N) is 1. The zero-order valence-corrected chi connectivity index (χ0v) is 9.78. The summed E-state index contributed by atoms with van der Waals surface area (Å²) in [7, 11) is 0. The van der Waals surface area contributed by atoms with Crippen molar-refractivity contribution in [3.05, 3.63) is 30.1 Å². The fourth-order valence-corrected chi connectivity index (χ4v) is 1.33. The molecule has 0 spiro atoms. The molecule has 4 nitrogen and oxygen atoms in total. The molecule has 1 aromatic rings. The predicted octanol–water partition coefficient (Wildman–Crippen LogP) is 1.06. The van der Waals surface area contributed by atoms with E-state index in [1.54, 1.807) is 19.1 Å². The van der Waals surface area contributed by atoms with Crippen LogP contribution in [0.5, 0.6) is 5.75 Å². The van der Waals surface area contributed by atoms with Gasteiger partial charge < -0.3 is 15.8 Å². The Kier molecular flexibility index (Phi) is 5.42. The largest absolute Gasteiger partial charge is 0.478 e. The minimum absolute atomic E-state index is 0.0854. The molecule has 17 heavy (non-hydrogen) atoms. The van der Waals surface area contributed by atoms with Gasteiger partial charge in [0.15, 0.2) is 17.7 Å². The first kappa shape index (κ1) is 13.4. The van der Waals surface area contributed by atoms with Crippen molar-refractivity contribution in [3.63, 3.8) is 0 Å². The zero-order valence-electron chi connectivity index (χ0n) is 9.78. The first-order valence-electron chi connectivity index (χ1n) is 5.58. The summed E-state index contributed by atoms with van der Waals surface area (Å²) in [5, 5.41) is 2.61. The van der Waals surface area contributed by atoms with E-state index in [-0.39, 0.29) is 11.7 Å². The summed E-state index contributed by atoms with van der Waals surface area (Å²) in [6, 6.07) is 6.01. The molecule has 1 rings (SSSR count). The second-order valence-electron chi connectivity index (χ2n) is 3.52. The normalized spacial score (nSPS) is 11.9. The van der Waals surface area contributed by atoms with Crippen LogP contribution in [0.2, 0.25) is 0 Å². The van der Waals surface area contributed by atoms with Crippen molar-refractivity contribution in [3.8, 4) is 5.75 Å². The van der Waals surface area contributed by atoms with Crippen LogP contribution in [0.15, 0.2) is 24.3 Å². The molecule has 0 bridgehead atoms. The van der Waals surface area contributed by atoms with Gasteiger partial charge in [-0.05, 0) is 18.6 Å². The third-order valence-electron chi connectivity index (χ3n) is 2.21. The molecule has 1 atom stereocenters. The van der Waals surface area contributed by atoms with Crippen molar-refractivity contribution in [2.24, 2.45) is 5.73 Å². The fourth-order valence-electron chi connectivity index (χ4n) is 1.33. The topological polar surface area (TPSA) is 64.3 Å². The van der Waals surface area contributed by atoms with E-state index in [0.717, 1.165) is 0 Å². The first-order chi connectivity index (χ1) is 8.19. The lowest BCUT2D eigenvalue weighted by molar-refractivity contribution is -0.128. The first-order valence-corrected chi connectivity index (χ1v) is 5.58. The maximum absolute atomic E-state index is 13.3. The van der Waals surface area contributed by atoms with Gasteiger partial charge in [0.1, 0.15) is 0 Å². The number of halogens is 1. The maximum Gasteiger partial charge on any atom is 0.261 e. The Balaban J connectivity index is 2.63. The lowest BCUT2D eigenvalue weighted by atomic mass is 10.2.